The summed E-state index contributed by atoms with van der Waals surface area (Å²) in [7, 11) is 0. The van der Waals surface area contributed by atoms with Crippen molar-refractivity contribution in [2.75, 3.05) is 13.2 Å². The molecule has 1 aliphatic heterocycles. The van der Waals surface area contributed by atoms with Crippen LogP contribution >= 0.6 is 11.6 Å². The molecule has 3 aliphatic rings. The first kappa shape index (κ1) is 20.2. The van der Waals surface area contributed by atoms with Gasteiger partial charge in [-0.25, -0.2) is 0 Å². The van der Waals surface area contributed by atoms with Gasteiger partial charge in [-0.2, -0.15) is 0 Å². The van der Waals surface area contributed by atoms with Crippen LogP contribution in [0.15, 0.2) is 90.5 Å². The first-order valence-electron chi connectivity index (χ1n) is 11.5. The Kier molecular flexibility index (Phi) is 5.18. The molecule has 32 heavy (non-hydrogen) atoms. The van der Waals surface area contributed by atoms with Crippen molar-refractivity contribution in [3.63, 3.8) is 0 Å². The lowest BCUT2D eigenvalue weighted by Gasteiger charge is -2.32. The van der Waals surface area contributed by atoms with E-state index in [1.165, 1.54) is 22.3 Å². The second-order valence-electron chi connectivity index (χ2n) is 9.43. The SMILES string of the molecule is Clc1ccc([C@@H]2OCC3CC32[C@@H](OCC2C/C2=C\c2ccccc2)c2ccccc2)cc1. The van der Waals surface area contributed by atoms with E-state index < -0.39 is 0 Å². The number of rotatable bonds is 7. The monoisotopic (exact) mass is 442 g/mol. The second kappa shape index (κ2) is 8.19. The number of ether oxygens (including phenoxy) is 2. The van der Waals surface area contributed by atoms with E-state index >= 15 is 0 Å². The van der Waals surface area contributed by atoms with Gasteiger partial charge in [0.05, 0.1) is 25.4 Å². The van der Waals surface area contributed by atoms with Crippen LogP contribution < -0.4 is 0 Å². The smallest absolute Gasteiger partial charge is 0.0913 e. The van der Waals surface area contributed by atoms with Crippen LogP contribution in [-0.2, 0) is 9.47 Å². The third kappa shape index (κ3) is 3.71. The number of hydrogen-bond acceptors (Lipinski definition) is 2. The molecule has 1 heterocycles. The van der Waals surface area contributed by atoms with Crippen molar-refractivity contribution in [3.05, 3.63) is 112 Å². The Hall–Kier alpha value is -2.39. The summed E-state index contributed by atoms with van der Waals surface area (Å²) in [5, 5.41) is 0.760. The van der Waals surface area contributed by atoms with Crippen molar-refractivity contribution < 1.29 is 9.47 Å². The molecule has 0 amide bonds. The van der Waals surface area contributed by atoms with E-state index in [9.17, 15) is 0 Å². The number of hydrogen-bond donors (Lipinski definition) is 0. The first-order chi connectivity index (χ1) is 15.7. The van der Waals surface area contributed by atoms with Crippen LogP contribution in [0.5, 0.6) is 0 Å². The minimum atomic E-state index is 0.00732. The van der Waals surface area contributed by atoms with Gasteiger partial charge in [0.2, 0.25) is 0 Å². The molecule has 3 fully saturated rings. The summed E-state index contributed by atoms with van der Waals surface area (Å²) in [6.45, 7) is 1.57. The fourth-order valence-electron chi connectivity index (χ4n) is 5.51. The van der Waals surface area contributed by atoms with Gasteiger partial charge in [0.15, 0.2) is 0 Å². The first-order valence-corrected chi connectivity index (χ1v) is 11.9. The van der Waals surface area contributed by atoms with Crippen LogP contribution in [0.2, 0.25) is 5.02 Å². The lowest BCUT2D eigenvalue weighted by Crippen LogP contribution is -2.25. The van der Waals surface area contributed by atoms with Gasteiger partial charge in [-0.1, -0.05) is 96.0 Å². The largest absolute Gasteiger partial charge is 0.373 e. The van der Waals surface area contributed by atoms with Crippen LogP contribution in [-0.4, -0.2) is 13.2 Å². The third-order valence-electron chi connectivity index (χ3n) is 7.38. The predicted octanol–water partition coefficient (Wildman–Crippen LogP) is 7.28. The number of fused-ring (bicyclic) bond motifs is 1. The van der Waals surface area contributed by atoms with E-state index in [1.807, 2.05) is 12.1 Å². The Labute approximate surface area is 194 Å². The van der Waals surface area contributed by atoms with Gasteiger partial charge < -0.3 is 9.47 Å². The average molecular weight is 443 g/mol. The molecule has 3 heteroatoms. The van der Waals surface area contributed by atoms with Crippen molar-refractivity contribution >= 4 is 17.7 Å². The lowest BCUT2D eigenvalue weighted by atomic mass is 9.83. The van der Waals surface area contributed by atoms with E-state index in [1.54, 1.807) is 0 Å². The maximum Gasteiger partial charge on any atom is 0.0913 e. The van der Waals surface area contributed by atoms with Crippen LogP contribution in [0, 0.1) is 17.3 Å². The molecule has 5 atom stereocenters. The van der Waals surface area contributed by atoms with Crippen LogP contribution in [0.3, 0.4) is 0 Å². The molecule has 162 valence electrons. The minimum Gasteiger partial charge on any atom is -0.373 e. The molecule has 2 aliphatic carbocycles. The van der Waals surface area contributed by atoms with Crippen LogP contribution in [0.4, 0.5) is 0 Å². The highest BCUT2D eigenvalue weighted by Gasteiger charge is 2.69. The van der Waals surface area contributed by atoms with Gasteiger partial charge in [-0.05, 0) is 47.6 Å². The zero-order valence-electron chi connectivity index (χ0n) is 18.0. The highest BCUT2D eigenvalue weighted by molar-refractivity contribution is 6.30. The molecule has 1 saturated heterocycles. The second-order valence-corrected chi connectivity index (χ2v) is 9.87. The fourth-order valence-corrected chi connectivity index (χ4v) is 5.63. The Morgan fingerprint density at radius 1 is 0.969 bits per heavy atom. The van der Waals surface area contributed by atoms with Crippen molar-refractivity contribution in [1.29, 1.82) is 0 Å². The molecule has 0 N–H and O–H groups in total. The van der Waals surface area contributed by atoms with Crippen molar-refractivity contribution in [3.8, 4) is 0 Å². The maximum atomic E-state index is 6.78. The summed E-state index contributed by atoms with van der Waals surface area (Å²) in [5.74, 6) is 1.07. The van der Waals surface area contributed by atoms with Crippen molar-refractivity contribution in [2.45, 2.75) is 25.0 Å². The zero-order valence-corrected chi connectivity index (χ0v) is 18.7. The molecule has 0 spiro atoms. The van der Waals surface area contributed by atoms with Gasteiger partial charge in [-0.15, -0.1) is 0 Å². The molecule has 0 aromatic heterocycles. The van der Waals surface area contributed by atoms with Crippen LogP contribution in [0.1, 0.15) is 41.7 Å². The Balaban J connectivity index is 1.24. The molecule has 0 bridgehead atoms. The molecule has 3 unspecified atom stereocenters. The standard InChI is InChI=1S/C29H27ClO2/c30-26-13-11-22(12-14-26)28-29(17-25(29)19-32-28)27(21-9-5-2-6-10-21)31-18-24-16-23(24)15-20-7-3-1-4-8-20/h1-15,24-25,27-28H,16-19H2/b23-15+/t24?,25?,27-,28-,29?/m0/s1. The summed E-state index contributed by atoms with van der Waals surface area (Å²) in [4.78, 5) is 0. The van der Waals surface area contributed by atoms with Gasteiger partial charge in [0.25, 0.3) is 0 Å². The zero-order chi connectivity index (χ0) is 21.5. The maximum absolute atomic E-state index is 6.78. The topological polar surface area (TPSA) is 18.5 Å². The van der Waals surface area contributed by atoms with Gasteiger partial charge in [0, 0.05) is 16.4 Å². The van der Waals surface area contributed by atoms with E-state index in [2.05, 4.69) is 78.9 Å². The molecule has 2 saturated carbocycles. The Bertz CT molecular complexity index is 1110. The van der Waals surface area contributed by atoms with E-state index in [4.69, 9.17) is 21.1 Å². The van der Waals surface area contributed by atoms with E-state index in [-0.39, 0.29) is 17.6 Å². The van der Waals surface area contributed by atoms with Crippen molar-refractivity contribution in [1.82, 2.24) is 0 Å². The summed E-state index contributed by atoms with van der Waals surface area (Å²) >= 11 is 6.15. The summed E-state index contributed by atoms with van der Waals surface area (Å²) < 4.78 is 13.1. The highest BCUT2D eigenvalue weighted by atomic mass is 35.5. The number of halogens is 1. The summed E-state index contributed by atoms with van der Waals surface area (Å²) in [5.41, 5.74) is 5.24. The summed E-state index contributed by atoms with van der Waals surface area (Å²) in [6, 6.07) is 29.4. The highest BCUT2D eigenvalue weighted by Crippen LogP contribution is 2.72. The van der Waals surface area contributed by atoms with E-state index in [0.717, 1.165) is 31.1 Å². The Morgan fingerprint density at radius 3 is 2.41 bits per heavy atom. The average Bonchev–Trinajstić information content (AvgIpc) is 3.72. The molecule has 2 nitrogen and oxygen atoms in total. The van der Waals surface area contributed by atoms with Gasteiger partial charge in [0.1, 0.15) is 0 Å². The van der Waals surface area contributed by atoms with Gasteiger partial charge in [-0.3, -0.25) is 0 Å². The van der Waals surface area contributed by atoms with Gasteiger partial charge >= 0.3 is 0 Å². The fraction of sp³-hybridized carbons (Fsp3) is 0.310. The predicted molar refractivity (Wildman–Crippen MR) is 128 cm³/mol. The molecule has 3 aromatic carbocycles. The number of benzene rings is 3. The molecule has 6 rings (SSSR count). The molecular weight excluding hydrogens is 416 g/mol. The minimum absolute atomic E-state index is 0.00732. The van der Waals surface area contributed by atoms with Crippen LogP contribution in [0.25, 0.3) is 6.08 Å². The Morgan fingerprint density at radius 2 is 1.69 bits per heavy atom. The molecule has 3 aromatic rings. The van der Waals surface area contributed by atoms with E-state index in [0.29, 0.717) is 11.8 Å². The van der Waals surface area contributed by atoms with Crippen molar-refractivity contribution in [2.24, 2.45) is 17.3 Å². The molecular formula is C29H27ClO2. The molecule has 0 radical (unpaired) electrons. The summed E-state index contributed by atoms with van der Waals surface area (Å²) in [6.07, 6.45) is 4.68. The quantitative estimate of drug-likeness (QED) is 0.382. The lowest BCUT2D eigenvalue weighted by molar-refractivity contribution is -0.0530. The normalized spacial score (nSPS) is 30.2. The third-order valence-corrected chi connectivity index (χ3v) is 7.63.